The molecule has 94 valence electrons. The molecule has 1 aliphatic rings. The number of hydrogen-bond donors (Lipinski definition) is 2. The van der Waals surface area contributed by atoms with Crippen LogP contribution in [0.3, 0.4) is 0 Å². The standard InChI is InChI=1S/C11H18N4O2/c1-2-3-4-8(13-11(12)16)10-14-9(15-17-10)7-5-6-7/h7-8H,2-6H2,1H3,(H3,12,13,16). The third-order valence-electron chi connectivity index (χ3n) is 2.86. The third kappa shape index (κ3) is 3.18. The Balaban J connectivity index is 2.03. The molecule has 1 fully saturated rings. The highest BCUT2D eigenvalue weighted by atomic mass is 16.5. The second-order valence-corrected chi connectivity index (χ2v) is 4.47. The van der Waals surface area contributed by atoms with Gasteiger partial charge in [-0.1, -0.05) is 24.9 Å². The minimum absolute atomic E-state index is 0.257. The van der Waals surface area contributed by atoms with Crippen LogP contribution in [0.25, 0.3) is 0 Å². The van der Waals surface area contributed by atoms with Crippen molar-refractivity contribution < 1.29 is 9.32 Å². The highest BCUT2D eigenvalue weighted by Crippen LogP contribution is 2.38. The van der Waals surface area contributed by atoms with Crippen molar-refractivity contribution in [3.05, 3.63) is 11.7 Å². The Hall–Kier alpha value is -1.59. The zero-order chi connectivity index (χ0) is 12.3. The van der Waals surface area contributed by atoms with Crippen molar-refractivity contribution >= 4 is 6.03 Å². The number of amides is 2. The molecule has 1 atom stereocenters. The van der Waals surface area contributed by atoms with Crippen LogP contribution in [0.5, 0.6) is 0 Å². The first-order chi connectivity index (χ1) is 8.20. The van der Waals surface area contributed by atoms with Crippen LogP contribution in [0.15, 0.2) is 4.52 Å². The van der Waals surface area contributed by atoms with Gasteiger partial charge in [0, 0.05) is 5.92 Å². The van der Waals surface area contributed by atoms with Crippen molar-refractivity contribution in [1.29, 1.82) is 0 Å². The average molecular weight is 238 g/mol. The van der Waals surface area contributed by atoms with E-state index in [4.69, 9.17) is 10.3 Å². The van der Waals surface area contributed by atoms with E-state index in [1.807, 2.05) is 0 Å². The molecule has 1 aromatic heterocycles. The van der Waals surface area contributed by atoms with Crippen molar-refractivity contribution in [2.75, 3.05) is 0 Å². The van der Waals surface area contributed by atoms with E-state index >= 15 is 0 Å². The number of carbonyl (C=O) groups excluding carboxylic acids is 1. The van der Waals surface area contributed by atoms with Gasteiger partial charge in [-0.2, -0.15) is 4.98 Å². The quantitative estimate of drug-likeness (QED) is 0.790. The summed E-state index contributed by atoms with van der Waals surface area (Å²) in [5, 5.41) is 6.58. The average Bonchev–Trinajstić information content (AvgIpc) is 3.02. The summed E-state index contributed by atoms with van der Waals surface area (Å²) in [6, 6.07) is -0.815. The molecule has 6 heteroatoms. The normalized spacial score (nSPS) is 16.8. The van der Waals surface area contributed by atoms with Crippen LogP contribution >= 0.6 is 0 Å². The molecule has 1 unspecified atom stereocenters. The molecule has 3 N–H and O–H groups in total. The summed E-state index contributed by atoms with van der Waals surface area (Å²) in [5.41, 5.74) is 5.14. The van der Waals surface area contributed by atoms with E-state index in [2.05, 4.69) is 22.4 Å². The minimum atomic E-state index is -0.558. The van der Waals surface area contributed by atoms with Crippen LogP contribution in [0.4, 0.5) is 4.79 Å². The number of unbranched alkanes of at least 4 members (excludes halogenated alkanes) is 1. The van der Waals surface area contributed by atoms with Gasteiger partial charge in [0.15, 0.2) is 5.82 Å². The van der Waals surface area contributed by atoms with Crippen LogP contribution in [0, 0.1) is 0 Å². The van der Waals surface area contributed by atoms with Crippen LogP contribution in [-0.2, 0) is 0 Å². The Bertz CT molecular complexity index is 387. The molecule has 2 rings (SSSR count). The number of primary amides is 1. The lowest BCUT2D eigenvalue weighted by Crippen LogP contribution is -2.33. The van der Waals surface area contributed by atoms with Gasteiger partial charge in [0.25, 0.3) is 0 Å². The summed E-state index contributed by atoms with van der Waals surface area (Å²) < 4.78 is 5.19. The zero-order valence-electron chi connectivity index (χ0n) is 9.98. The number of hydrogen-bond acceptors (Lipinski definition) is 4. The van der Waals surface area contributed by atoms with Gasteiger partial charge in [-0.3, -0.25) is 0 Å². The van der Waals surface area contributed by atoms with E-state index in [1.54, 1.807) is 0 Å². The Morgan fingerprint density at radius 3 is 3.00 bits per heavy atom. The van der Waals surface area contributed by atoms with Crippen LogP contribution < -0.4 is 11.1 Å². The predicted octanol–water partition coefficient (Wildman–Crippen LogP) is 1.85. The highest BCUT2D eigenvalue weighted by Gasteiger charge is 2.30. The van der Waals surface area contributed by atoms with Gasteiger partial charge in [-0.05, 0) is 19.3 Å². The fourth-order valence-corrected chi connectivity index (χ4v) is 1.73. The lowest BCUT2D eigenvalue weighted by Gasteiger charge is -2.12. The van der Waals surface area contributed by atoms with Crippen LogP contribution in [-0.4, -0.2) is 16.2 Å². The largest absolute Gasteiger partial charge is 0.352 e. The maximum Gasteiger partial charge on any atom is 0.312 e. The van der Waals surface area contributed by atoms with E-state index in [0.717, 1.165) is 37.9 Å². The molecule has 0 aliphatic heterocycles. The molecule has 1 aromatic rings. The number of carbonyl (C=O) groups is 1. The molecule has 0 saturated heterocycles. The van der Waals surface area contributed by atoms with E-state index in [-0.39, 0.29) is 6.04 Å². The fourth-order valence-electron chi connectivity index (χ4n) is 1.73. The van der Waals surface area contributed by atoms with E-state index in [0.29, 0.717) is 11.8 Å². The summed E-state index contributed by atoms with van der Waals surface area (Å²) in [7, 11) is 0. The van der Waals surface area contributed by atoms with Gasteiger partial charge in [0.1, 0.15) is 6.04 Å². The number of nitrogens with two attached hydrogens (primary N) is 1. The second-order valence-electron chi connectivity index (χ2n) is 4.47. The fraction of sp³-hybridized carbons (Fsp3) is 0.727. The molecule has 0 spiro atoms. The summed E-state index contributed by atoms with van der Waals surface area (Å²) in [6.45, 7) is 2.09. The third-order valence-corrected chi connectivity index (χ3v) is 2.86. The van der Waals surface area contributed by atoms with Crippen LogP contribution in [0.2, 0.25) is 0 Å². The van der Waals surface area contributed by atoms with Crippen molar-refractivity contribution in [2.24, 2.45) is 5.73 Å². The smallest absolute Gasteiger partial charge is 0.312 e. The molecule has 0 bridgehead atoms. The Morgan fingerprint density at radius 1 is 1.65 bits per heavy atom. The van der Waals surface area contributed by atoms with E-state index in [9.17, 15) is 4.79 Å². The molecule has 2 amide bonds. The monoisotopic (exact) mass is 238 g/mol. The molecular weight excluding hydrogens is 220 g/mol. The summed E-state index contributed by atoms with van der Waals surface area (Å²) >= 11 is 0. The van der Waals surface area contributed by atoms with Crippen molar-refractivity contribution in [1.82, 2.24) is 15.5 Å². The first-order valence-corrected chi connectivity index (χ1v) is 6.10. The molecule has 6 nitrogen and oxygen atoms in total. The predicted molar refractivity (Wildman–Crippen MR) is 61.3 cm³/mol. The van der Waals surface area contributed by atoms with Gasteiger partial charge in [-0.15, -0.1) is 0 Å². The topological polar surface area (TPSA) is 94.0 Å². The highest BCUT2D eigenvalue weighted by molar-refractivity contribution is 5.72. The lowest BCUT2D eigenvalue weighted by atomic mass is 10.1. The van der Waals surface area contributed by atoms with Gasteiger partial charge < -0.3 is 15.6 Å². The molecule has 0 aromatic carbocycles. The Morgan fingerprint density at radius 2 is 2.41 bits per heavy atom. The first kappa shape index (κ1) is 11.9. The van der Waals surface area contributed by atoms with Crippen molar-refractivity contribution in [2.45, 2.75) is 51.0 Å². The molecule has 0 radical (unpaired) electrons. The number of nitrogens with zero attached hydrogens (tertiary/aromatic N) is 2. The van der Waals surface area contributed by atoms with E-state index < -0.39 is 6.03 Å². The van der Waals surface area contributed by atoms with Crippen molar-refractivity contribution in [3.63, 3.8) is 0 Å². The van der Waals surface area contributed by atoms with Crippen molar-refractivity contribution in [3.8, 4) is 0 Å². The maximum atomic E-state index is 10.9. The lowest BCUT2D eigenvalue weighted by molar-refractivity contribution is 0.238. The van der Waals surface area contributed by atoms with Gasteiger partial charge in [0.2, 0.25) is 5.89 Å². The SMILES string of the molecule is CCCCC(NC(N)=O)c1nc(C2CC2)no1. The van der Waals surface area contributed by atoms with Gasteiger partial charge >= 0.3 is 6.03 Å². The van der Waals surface area contributed by atoms with E-state index in [1.165, 1.54) is 0 Å². The number of nitrogens with one attached hydrogen (secondary N) is 1. The first-order valence-electron chi connectivity index (χ1n) is 6.10. The molecule has 1 aliphatic carbocycles. The zero-order valence-corrected chi connectivity index (χ0v) is 9.98. The molecule has 1 heterocycles. The second kappa shape index (κ2) is 5.16. The summed E-state index contributed by atoms with van der Waals surface area (Å²) in [6.07, 6.45) is 5.04. The number of aromatic nitrogens is 2. The van der Waals surface area contributed by atoms with Gasteiger partial charge in [-0.25, -0.2) is 4.79 Å². The molecule has 1 saturated carbocycles. The minimum Gasteiger partial charge on any atom is -0.352 e. The Kier molecular flexibility index (Phi) is 3.61. The molecular formula is C11H18N4O2. The maximum absolute atomic E-state index is 10.9. The Labute approximate surface area is 99.9 Å². The number of urea groups is 1. The summed E-state index contributed by atoms with van der Waals surface area (Å²) in [5.74, 6) is 1.68. The molecule has 17 heavy (non-hydrogen) atoms. The summed E-state index contributed by atoms with van der Waals surface area (Å²) in [4.78, 5) is 15.3. The van der Waals surface area contributed by atoms with Crippen LogP contribution in [0.1, 0.15) is 62.7 Å². The van der Waals surface area contributed by atoms with Gasteiger partial charge in [0.05, 0.1) is 0 Å². The number of rotatable bonds is 6.